The molecule has 0 aromatic heterocycles. The molecule has 1 aliphatic heterocycles. The van der Waals surface area contributed by atoms with E-state index in [1.54, 1.807) is 0 Å². The first-order valence-electron chi connectivity index (χ1n) is 6.19. The first-order chi connectivity index (χ1) is 8.19. The molecule has 1 rings (SSSR count). The molecule has 1 fully saturated rings. The lowest BCUT2D eigenvalue weighted by Crippen LogP contribution is -2.53. The van der Waals surface area contributed by atoms with Crippen LogP contribution in [0.15, 0.2) is 5.16 Å². The van der Waals surface area contributed by atoms with Gasteiger partial charge in [-0.1, -0.05) is 12.1 Å². The summed E-state index contributed by atoms with van der Waals surface area (Å²) in [4.78, 5) is 0. The number of nitrogens with zero attached hydrogens (tertiary/aromatic N) is 2. The predicted molar refractivity (Wildman–Crippen MR) is 71.0 cm³/mol. The lowest BCUT2D eigenvalue weighted by Gasteiger charge is -2.34. The van der Waals surface area contributed by atoms with Gasteiger partial charge >= 0.3 is 0 Å². The van der Waals surface area contributed by atoms with Crippen molar-refractivity contribution in [2.75, 3.05) is 13.1 Å². The fourth-order valence-electron chi connectivity index (χ4n) is 2.05. The summed E-state index contributed by atoms with van der Waals surface area (Å²) in [5, 5.41) is 12.1. The Morgan fingerprint density at radius 2 is 2.11 bits per heavy atom. The number of rotatable bonds is 3. The molecular formula is C11H23N3O3S. The fraction of sp³-hybridized carbons (Fsp3) is 0.909. The molecule has 0 aromatic carbocycles. The molecule has 1 unspecified atom stereocenters. The normalized spacial score (nSPS) is 25.6. The van der Waals surface area contributed by atoms with E-state index >= 15 is 0 Å². The third-order valence-corrected chi connectivity index (χ3v) is 4.79. The van der Waals surface area contributed by atoms with Crippen molar-refractivity contribution in [1.82, 2.24) is 9.03 Å². The summed E-state index contributed by atoms with van der Waals surface area (Å²) in [5.74, 6) is 0.000272. The molecule has 0 saturated carbocycles. The van der Waals surface area contributed by atoms with Crippen LogP contribution >= 0.6 is 0 Å². The molecule has 0 aliphatic carbocycles. The molecule has 0 spiro atoms. The Morgan fingerprint density at radius 3 is 2.56 bits per heavy atom. The topological polar surface area (TPSA) is 82.0 Å². The third kappa shape index (κ3) is 3.93. The van der Waals surface area contributed by atoms with Gasteiger partial charge in [0, 0.05) is 31.0 Å². The van der Waals surface area contributed by atoms with Crippen molar-refractivity contribution >= 4 is 15.9 Å². The third-order valence-electron chi connectivity index (χ3n) is 2.91. The van der Waals surface area contributed by atoms with Crippen molar-refractivity contribution in [1.29, 1.82) is 0 Å². The molecule has 7 heteroatoms. The lowest BCUT2D eigenvalue weighted by molar-refractivity contribution is 0.293. The number of piperidine rings is 1. The number of hydrogen-bond donors (Lipinski definition) is 2. The molecule has 0 aromatic rings. The van der Waals surface area contributed by atoms with Crippen molar-refractivity contribution in [2.45, 2.75) is 46.1 Å². The Hall–Kier alpha value is -0.660. The standard InChI is InChI=1S/C11H23N3O3S/c1-5-9-8-14(7-6-10(9)12-15)18(16,17)13-11(2,3)4/h9,13,15H,5-8H2,1-4H3. The van der Waals surface area contributed by atoms with Gasteiger partial charge in [0.2, 0.25) is 0 Å². The Balaban J connectivity index is 2.81. The van der Waals surface area contributed by atoms with Gasteiger partial charge in [0.25, 0.3) is 10.2 Å². The molecule has 1 saturated heterocycles. The van der Waals surface area contributed by atoms with E-state index in [-0.39, 0.29) is 5.92 Å². The van der Waals surface area contributed by atoms with Crippen molar-refractivity contribution in [3.05, 3.63) is 0 Å². The van der Waals surface area contributed by atoms with E-state index in [4.69, 9.17) is 5.21 Å². The summed E-state index contributed by atoms with van der Waals surface area (Å²) < 4.78 is 28.4. The largest absolute Gasteiger partial charge is 0.411 e. The summed E-state index contributed by atoms with van der Waals surface area (Å²) in [7, 11) is -3.47. The van der Waals surface area contributed by atoms with Crippen molar-refractivity contribution in [3.63, 3.8) is 0 Å². The molecule has 1 aliphatic rings. The zero-order valence-electron chi connectivity index (χ0n) is 11.5. The van der Waals surface area contributed by atoms with Gasteiger partial charge in [-0.25, -0.2) is 0 Å². The van der Waals surface area contributed by atoms with E-state index in [1.807, 2.05) is 27.7 Å². The first kappa shape index (κ1) is 15.4. The Bertz CT molecular complexity index is 412. The van der Waals surface area contributed by atoms with E-state index in [2.05, 4.69) is 9.88 Å². The summed E-state index contributed by atoms with van der Waals surface area (Å²) in [6.45, 7) is 8.14. The monoisotopic (exact) mass is 277 g/mol. The van der Waals surface area contributed by atoms with Gasteiger partial charge in [-0.05, 0) is 27.2 Å². The van der Waals surface area contributed by atoms with E-state index in [1.165, 1.54) is 4.31 Å². The van der Waals surface area contributed by atoms with Crippen LogP contribution in [0.2, 0.25) is 0 Å². The van der Waals surface area contributed by atoms with Crippen LogP contribution in [0, 0.1) is 5.92 Å². The Morgan fingerprint density at radius 1 is 1.50 bits per heavy atom. The molecule has 1 heterocycles. The average Bonchev–Trinajstić information content (AvgIpc) is 2.24. The summed E-state index contributed by atoms with van der Waals surface area (Å²) in [6, 6.07) is 0. The van der Waals surface area contributed by atoms with Crippen LogP contribution in [0.3, 0.4) is 0 Å². The Labute approximate surface area is 109 Å². The van der Waals surface area contributed by atoms with E-state index < -0.39 is 15.7 Å². The van der Waals surface area contributed by atoms with E-state index in [9.17, 15) is 8.42 Å². The molecule has 1 atom stereocenters. The zero-order valence-corrected chi connectivity index (χ0v) is 12.3. The molecule has 106 valence electrons. The second kappa shape index (κ2) is 5.54. The highest BCUT2D eigenvalue weighted by molar-refractivity contribution is 7.87. The van der Waals surface area contributed by atoms with Crippen molar-refractivity contribution in [3.8, 4) is 0 Å². The predicted octanol–water partition coefficient (Wildman–Crippen LogP) is 1.18. The minimum absolute atomic E-state index is 0.000272. The maximum atomic E-state index is 12.2. The number of hydrogen-bond acceptors (Lipinski definition) is 4. The molecule has 2 N–H and O–H groups in total. The van der Waals surface area contributed by atoms with Crippen LogP contribution < -0.4 is 4.72 Å². The smallest absolute Gasteiger partial charge is 0.279 e. The SMILES string of the molecule is CCC1CN(S(=O)(=O)NC(C)(C)C)CCC1=NO. The maximum Gasteiger partial charge on any atom is 0.279 e. The van der Waals surface area contributed by atoms with Gasteiger partial charge < -0.3 is 5.21 Å². The van der Waals surface area contributed by atoms with Gasteiger partial charge in [-0.3, -0.25) is 0 Å². The minimum Gasteiger partial charge on any atom is -0.411 e. The molecule has 6 nitrogen and oxygen atoms in total. The van der Waals surface area contributed by atoms with Crippen LogP contribution in [-0.4, -0.2) is 42.3 Å². The molecule has 0 amide bonds. The van der Waals surface area contributed by atoms with Crippen molar-refractivity contribution in [2.24, 2.45) is 11.1 Å². The van der Waals surface area contributed by atoms with Crippen LogP contribution in [0.5, 0.6) is 0 Å². The second-order valence-corrected chi connectivity index (χ2v) is 7.33. The quantitative estimate of drug-likeness (QED) is 0.600. The van der Waals surface area contributed by atoms with Crippen LogP contribution in [0.25, 0.3) is 0 Å². The average molecular weight is 277 g/mol. The molecular weight excluding hydrogens is 254 g/mol. The van der Waals surface area contributed by atoms with E-state index in [0.29, 0.717) is 25.2 Å². The van der Waals surface area contributed by atoms with E-state index in [0.717, 1.165) is 6.42 Å². The van der Waals surface area contributed by atoms with Gasteiger partial charge in [0.05, 0.1) is 5.71 Å². The van der Waals surface area contributed by atoms with Crippen LogP contribution in [0.1, 0.15) is 40.5 Å². The van der Waals surface area contributed by atoms with Gasteiger partial charge in [0.15, 0.2) is 0 Å². The molecule has 0 bridgehead atoms. The first-order valence-corrected chi connectivity index (χ1v) is 7.63. The van der Waals surface area contributed by atoms with Crippen molar-refractivity contribution < 1.29 is 13.6 Å². The van der Waals surface area contributed by atoms with Gasteiger partial charge in [0.1, 0.15) is 0 Å². The summed E-state index contributed by atoms with van der Waals surface area (Å²) in [6.07, 6.45) is 1.25. The molecule has 0 radical (unpaired) electrons. The zero-order chi connectivity index (χ0) is 14.0. The highest BCUT2D eigenvalue weighted by Crippen LogP contribution is 2.20. The van der Waals surface area contributed by atoms with Crippen LogP contribution in [0.4, 0.5) is 0 Å². The van der Waals surface area contributed by atoms with Gasteiger partial charge in [-0.15, -0.1) is 0 Å². The summed E-state index contributed by atoms with van der Waals surface area (Å²) in [5.41, 5.74) is 0.200. The van der Waals surface area contributed by atoms with Crippen LogP contribution in [-0.2, 0) is 10.2 Å². The molecule has 18 heavy (non-hydrogen) atoms. The highest BCUT2D eigenvalue weighted by Gasteiger charge is 2.33. The number of oxime groups is 1. The Kier molecular flexibility index (Phi) is 4.74. The fourth-order valence-corrected chi connectivity index (χ4v) is 3.66. The lowest BCUT2D eigenvalue weighted by atomic mass is 9.95. The highest BCUT2D eigenvalue weighted by atomic mass is 32.2. The summed E-state index contributed by atoms with van der Waals surface area (Å²) >= 11 is 0. The number of nitrogens with one attached hydrogen (secondary N) is 1. The minimum atomic E-state index is -3.47. The maximum absolute atomic E-state index is 12.2. The second-order valence-electron chi connectivity index (χ2n) is 5.66. The van der Waals surface area contributed by atoms with Gasteiger partial charge in [-0.2, -0.15) is 17.4 Å².